The van der Waals surface area contributed by atoms with Crippen LogP contribution in [0.4, 0.5) is 0 Å². The second kappa shape index (κ2) is 27.3. The molecule has 6 aromatic heterocycles. The number of aromatic nitrogens is 12. The van der Waals surface area contributed by atoms with Crippen molar-refractivity contribution >= 4 is 90.5 Å². The van der Waals surface area contributed by atoms with Crippen LogP contribution in [0.15, 0.2) is 158 Å². The summed E-state index contributed by atoms with van der Waals surface area (Å²) < 4.78 is 13.2. The number of nitrogens with one attached hydrogen (secondary N) is 4. The molecule has 0 fully saturated rings. The molecule has 4 aliphatic rings. The van der Waals surface area contributed by atoms with Gasteiger partial charge in [-0.2, -0.15) is 0 Å². The van der Waals surface area contributed by atoms with Crippen molar-refractivity contribution in [3.05, 3.63) is 247 Å². The number of hydrogen-bond acceptors (Lipinski definition) is 10. The van der Waals surface area contributed by atoms with Gasteiger partial charge in [-0.05, 0) is 248 Å². The molecule has 4 aliphatic heterocycles. The van der Waals surface area contributed by atoms with Crippen molar-refractivity contribution in [3.8, 4) is 102 Å². The highest BCUT2D eigenvalue weighted by atomic mass is 16.5. The van der Waals surface area contributed by atoms with Crippen LogP contribution in [0.1, 0.15) is 158 Å². The lowest BCUT2D eigenvalue weighted by Crippen LogP contribution is -2.10. The van der Waals surface area contributed by atoms with Gasteiger partial charge in [0.1, 0.15) is 34.1 Å². The Morgan fingerprint density at radius 2 is 0.596 bits per heavy atom. The summed E-state index contributed by atoms with van der Waals surface area (Å²) in [7, 11) is 0. The Labute approximate surface area is 665 Å². The van der Waals surface area contributed by atoms with E-state index in [-0.39, 0.29) is 16.2 Å². The molecule has 0 amide bonds. The predicted octanol–water partition coefficient (Wildman–Crippen LogP) is 25.0. The van der Waals surface area contributed by atoms with E-state index in [1.165, 1.54) is 61.2 Å². The van der Waals surface area contributed by atoms with Crippen LogP contribution >= 0.6 is 0 Å². The molecule has 14 aromatic rings. The van der Waals surface area contributed by atoms with Crippen molar-refractivity contribution in [2.24, 2.45) is 0 Å². The number of ether oxygens (including phenoxy) is 2. The fraction of sp³-hybridized carbons (Fsp3) is 0.240. The van der Waals surface area contributed by atoms with E-state index in [9.17, 15) is 0 Å². The van der Waals surface area contributed by atoms with Crippen molar-refractivity contribution in [1.82, 2.24) is 59.8 Å². The highest BCUT2D eigenvalue weighted by Crippen LogP contribution is 2.46. The maximum absolute atomic E-state index is 6.66. The molecule has 10 heterocycles. The number of aromatic amines is 4. The van der Waals surface area contributed by atoms with Crippen LogP contribution in [0.3, 0.4) is 0 Å². The van der Waals surface area contributed by atoms with Crippen molar-refractivity contribution in [2.75, 3.05) is 13.2 Å². The molecule has 114 heavy (non-hydrogen) atoms. The van der Waals surface area contributed by atoms with Crippen molar-refractivity contribution in [2.45, 2.75) is 147 Å². The van der Waals surface area contributed by atoms with Gasteiger partial charge in [0, 0.05) is 94.5 Å². The van der Waals surface area contributed by atoms with Gasteiger partial charge < -0.3 is 29.4 Å². The molecule has 14 nitrogen and oxygen atoms in total. The van der Waals surface area contributed by atoms with Crippen molar-refractivity contribution in [1.29, 1.82) is 0 Å². The predicted molar refractivity (Wildman–Crippen MR) is 471 cm³/mol. The zero-order valence-corrected chi connectivity index (χ0v) is 68.3. The van der Waals surface area contributed by atoms with Gasteiger partial charge in [0.05, 0.1) is 36.0 Å². The van der Waals surface area contributed by atoms with E-state index in [2.05, 4.69) is 314 Å². The Morgan fingerprint density at radius 1 is 0.272 bits per heavy atom. The lowest BCUT2D eigenvalue weighted by atomic mass is 9.85. The molecule has 0 saturated carbocycles. The topological polar surface area (TPSA) is 185 Å². The summed E-state index contributed by atoms with van der Waals surface area (Å²) in [6.07, 6.45) is 9.36. The molecule has 14 heteroatoms. The molecule has 0 atom stereocenters. The van der Waals surface area contributed by atoms with Crippen LogP contribution in [0, 0.1) is 62.3 Å². The zero-order valence-electron chi connectivity index (χ0n) is 68.3. The summed E-state index contributed by atoms with van der Waals surface area (Å²) in [6.45, 7) is 40.6. The van der Waals surface area contributed by atoms with Gasteiger partial charge in [-0.1, -0.05) is 164 Å². The van der Waals surface area contributed by atoms with E-state index in [0.717, 1.165) is 144 Å². The largest absolute Gasteiger partial charge is 0.493 e. The first-order valence-electron chi connectivity index (χ1n) is 39.7. The maximum atomic E-state index is 6.66. The highest BCUT2D eigenvalue weighted by Gasteiger charge is 2.29. The van der Waals surface area contributed by atoms with E-state index in [1.807, 2.05) is 12.1 Å². The molecule has 0 unspecified atom stereocenters. The zero-order chi connectivity index (χ0) is 79.3. The van der Waals surface area contributed by atoms with Crippen LogP contribution in [0.25, 0.3) is 181 Å². The minimum atomic E-state index is -0.141. The van der Waals surface area contributed by atoms with Crippen LogP contribution < -0.4 is 9.47 Å². The van der Waals surface area contributed by atoms with E-state index in [1.54, 1.807) is 0 Å². The fourth-order valence-electron chi connectivity index (χ4n) is 17.4. The van der Waals surface area contributed by atoms with Gasteiger partial charge >= 0.3 is 0 Å². The van der Waals surface area contributed by atoms with E-state index < -0.39 is 0 Å². The number of H-pyrrole nitrogens is 4. The standard InChI is InChI=1S/C100H94N12O2/c1-52-42-55(4)83(56(5)43-52)87-77-34-32-75(101-77)86(76-33-35-78(102-76)88(84-57(6)44-53(2)45-58(84)7)80-37-39-82(104-80)89(81-38-36-79(87)103-81)85-59(8)46-54(3)47-60(85)9)61-20-25-65(26-21-61)113-40-19-41-114-66-27-31-70-74(51-66)97-111-92-69-30-24-64(100(16,17)18)50-73(69)95(109-92)107-90-67-28-22-62(98(10,11)12)48-71(67)94(105-90)106-91-68-29-23-63(99(13,14)15)49-72(68)96(108-91)110-93(70)112-97/h20-39,42-51,101,104H,19,40-41H2,1-18H3,(H2,105,106,107,108,109,110,111,112). The normalized spacial score (nSPS) is 12.7. The van der Waals surface area contributed by atoms with Crippen LogP contribution in [-0.4, -0.2) is 73.0 Å². The highest BCUT2D eigenvalue weighted by molar-refractivity contribution is 6.08. The molecule has 8 aromatic carbocycles. The monoisotopic (exact) mass is 1490 g/mol. The molecule has 0 radical (unpaired) electrons. The molecule has 18 rings (SSSR count). The third-order valence-corrected chi connectivity index (χ3v) is 22.9. The Hall–Kier alpha value is -12.7. The quantitative estimate of drug-likeness (QED) is 0.0961. The molecule has 16 bridgehead atoms. The summed E-state index contributed by atoms with van der Waals surface area (Å²) >= 11 is 0. The van der Waals surface area contributed by atoms with Gasteiger partial charge in [-0.3, -0.25) is 0 Å². The van der Waals surface area contributed by atoms with Gasteiger partial charge in [0.2, 0.25) is 0 Å². The molecule has 566 valence electrons. The lowest BCUT2D eigenvalue weighted by molar-refractivity contribution is 0.247. The summed E-state index contributed by atoms with van der Waals surface area (Å²) in [5.74, 6) is 3.61. The summed E-state index contributed by atoms with van der Waals surface area (Å²) in [5, 5.41) is 3.54. The summed E-state index contributed by atoms with van der Waals surface area (Å²) in [4.78, 5) is 59.0. The minimum Gasteiger partial charge on any atom is -0.493 e. The first-order chi connectivity index (χ1) is 54.5. The molecule has 4 N–H and O–H groups in total. The second-order valence-electron chi connectivity index (χ2n) is 34.7. The molecule has 0 spiro atoms. The summed E-state index contributed by atoms with van der Waals surface area (Å²) in [5.41, 5.74) is 35.8. The average molecular weight is 1500 g/mol. The van der Waals surface area contributed by atoms with Crippen LogP contribution in [-0.2, 0) is 16.2 Å². The fourth-order valence-corrected chi connectivity index (χ4v) is 17.4. The third-order valence-electron chi connectivity index (χ3n) is 22.9. The third kappa shape index (κ3) is 13.0. The van der Waals surface area contributed by atoms with Gasteiger partial charge in [0.25, 0.3) is 0 Å². The summed E-state index contributed by atoms with van der Waals surface area (Å²) in [6, 6.07) is 56.7. The van der Waals surface area contributed by atoms with E-state index in [0.29, 0.717) is 71.3 Å². The number of benzene rings is 8. The number of nitrogens with zero attached hydrogens (tertiary/aromatic N) is 8. The van der Waals surface area contributed by atoms with Crippen molar-refractivity contribution in [3.63, 3.8) is 0 Å². The van der Waals surface area contributed by atoms with Crippen LogP contribution in [0.2, 0.25) is 0 Å². The number of aryl methyl sites for hydroxylation is 9. The van der Waals surface area contributed by atoms with Gasteiger partial charge in [-0.15, -0.1) is 0 Å². The van der Waals surface area contributed by atoms with Crippen molar-refractivity contribution < 1.29 is 9.47 Å². The van der Waals surface area contributed by atoms with E-state index >= 15 is 0 Å². The molecular formula is C100H94N12O2. The number of rotatable bonds is 10. The number of fused-ring (bicyclic) bond motifs is 28. The average Bonchev–Trinajstić information content (AvgIpc) is 1.73. The maximum Gasteiger partial charge on any atom is 0.164 e. The smallest absolute Gasteiger partial charge is 0.164 e. The molecule has 0 aliphatic carbocycles. The van der Waals surface area contributed by atoms with Gasteiger partial charge in [-0.25, -0.2) is 39.9 Å². The Balaban J connectivity index is 0.712. The number of hydrogen-bond donors (Lipinski definition) is 4. The second-order valence-corrected chi connectivity index (χ2v) is 34.7. The Bertz CT molecular complexity index is 6730. The Morgan fingerprint density at radius 3 is 1.00 bits per heavy atom. The minimum absolute atomic E-state index is 0.117. The lowest BCUT2D eigenvalue weighted by Gasteiger charge is -2.19. The molecule has 0 saturated heterocycles. The Kier molecular flexibility index (Phi) is 17.5. The van der Waals surface area contributed by atoms with E-state index in [4.69, 9.17) is 49.3 Å². The first-order valence-corrected chi connectivity index (χ1v) is 39.7. The van der Waals surface area contributed by atoms with Gasteiger partial charge in [0.15, 0.2) is 23.3 Å². The van der Waals surface area contributed by atoms with Crippen LogP contribution in [0.5, 0.6) is 11.5 Å². The SMILES string of the molecule is Cc1cc(C)c(-c2c3nc(c(-c4c(C)cc(C)cc4C)c4ccc([nH]4)c(-c4c(C)cc(C)cc4C)c4nc(c(-c5ccc(OCCCOc6ccc7c8nc9nc(nc%10[nH]c(nc%11nc(nc([nH]8)c7c6)-c6ccc(C(C)(C)C)cc6-%11)c6ccc(C(C)(C)C)cc%106)-c6ccc(C(C)(C)C)cc6-9)cc5)c5ccc2[nH]5)C=C4)C=C3)c(C)c1. The first kappa shape index (κ1) is 72.8. The molecular weight excluding hydrogens is 1400 g/mol.